The number of aliphatic hydroxyl groups excluding tert-OH is 1. The number of hydrogen-bond donors (Lipinski definition) is 1. The molecule has 6 nitrogen and oxygen atoms in total. The van der Waals surface area contributed by atoms with Gasteiger partial charge in [0.25, 0.3) is 0 Å². The number of aromatic nitrogens is 2. The highest BCUT2D eigenvalue weighted by molar-refractivity contribution is 5.81. The zero-order valence-corrected chi connectivity index (χ0v) is 13.9. The molecule has 2 aliphatic heterocycles. The van der Waals surface area contributed by atoms with Crippen molar-refractivity contribution in [2.75, 3.05) is 19.7 Å². The minimum absolute atomic E-state index is 0.0214. The summed E-state index contributed by atoms with van der Waals surface area (Å²) in [4.78, 5) is 19.0. The second kappa shape index (κ2) is 5.86. The van der Waals surface area contributed by atoms with Crippen LogP contribution in [0.5, 0.6) is 0 Å². The lowest BCUT2D eigenvalue weighted by atomic mass is 9.86. The third kappa shape index (κ3) is 2.50. The molecule has 0 radical (unpaired) electrons. The molecule has 24 heavy (non-hydrogen) atoms. The van der Waals surface area contributed by atoms with Crippen LogP contribution >= 0.6 is 0 Å². The molecule has 2 fully saturated rings. The number of benzene rings is 1. The highest BCUT2D eigenvalue weighted by atomic mass is 16.5. The number of carbonyl (C=O) groups excluding carboxylic acids is 1. The SMILES string of the molecule is Cc1nc2ccccc2n1CC(=O)N1CC[C@@]2(CCCO2)[C@@H](O)C1. The number of β-amino-alcohol motifs (C(OH)–C–C–N with tert-alkyl or cyclic N) is 1. The van der Waals surface area contributed by atoms with E-state index in [1.807, 2.05) is 35.8 Å². The Bertz CT molecular complexity index is 764. The lowest BCUT2D eigenvalue weighted by Crippen LogP contribution is -2.56. The van der Waals surface area contributed by atoms with Crippen LogP contribution in [0.3, 0.4) is 0 Å². The summed E-state index contributed by atoms with van der Waals surface area (Å²) >= 11 is 0. The molecule has 0 saturated carbocycles. The molecule has 2 saturated heterocycles. The Balaban J connectivity index is 1.49. The zero-order chi connectivity index (χ0) is 16.7. The van der Waals surface area contributed by atoms with Gasteiger partial charge in [-0.3, -0.25) is 4.79 Å². The van der Waals surface area contributed by atoms with E-state index in [-0.39, 0.29) is 12.5 Å². The summed E-state index contributed by atoms with van der Waals surface area (Å²) in [6.07, 6.45) is 1.99. The zero-order valence-electron chi connectivity index (χ0n) is 13.9. The van der Waals surface area contributed by atoms with Crippen LogP contribution in [0.25, 0.3) is 11.0 Å². The number of para-hydroxylation sites is 2. The van der Waals surface area contributed by atoms with E-state index < -0.39 is 11.7 Å². The molecule has 2 aromatic rings. The molecule has 6 heteroatoms. The Morgan fingerprint density at radius 3 is 3.00 bits per heavy atom. The van der Waals surface area contributed by atoms with Crippen LogP contribution < -0.4 is 0 Å². The highest BCUT2D eigenvalue weighted by Crippen LogP contribution is 2.36. The lowest BCUT2D eigenvalue weighted by Gasteiger charge is -2.42. The molecule has 1 aromatic carbocycles. The quantitative estimate of drug-likeness (QED) is 0.906. The van der Waals surface area contributed by atoms with Gasteiger partial charge < -0.3 is 19.3 Å². The maximum absolute atomic E-state index is 12.7. The van der Waals surface area contributed by atoms with Gasteiger partial charge in [-0.15, -0.1) is 0 Å². The fourth-order valence-corrected chi connectivity index (χ4v) is 3.99. The van der Waals surface area contributed by atoms with Crippen LogP contribution in [0, 0.1) is 6.92 Å². The minimum Gasteiger partial charge on any atom is -0.388 e. The summed E-state index contributed by atoms with van der Waals surface area (Å²) in [5, 5.41) is 10.5. The number of aliphatic hydroxyl groups is 1. The van der Waals surface area contributed by atoms with E-state index in [1.54, 1.807) is 4.90 Å². The van der Waals surface area contributed by atoms with Gasteiger partial charge in [-0.25, -0.2) is 4.98 Å². The highest BCUT2D eigenvalue weighted by Gasteiger charge is 2.46. The minimum atomic E-state index is -0.599. The summed E-state index contributed by atoms with van der Waals surface area (Å²) in [5.41, 5.74) is 1.45. The van der Waals surface area contributed by atoms with E-state index in [9.17, 15) is 9.90 Å². The molecule has 2 atom stereocenters. The standard InChI is InChI=1S/C18H23N3O3/c1-13-19-14-5-2-3-6-15(14)21(13)12-17(23)20-9-8-18(16(22)11-20)7-4-10-24-18/h2-3,5-6,16,22H,4,7-12H2,1H3/t16-,18-/m0/s1. The van der Waals surface area contributed by atoms with E-state index in [1.165, 1.54) is 0 Å². The summed E-state index contributed by atoms with van der Waals surface area (Å²) in [6.45, 7) is 3.88. The molecule has 128 valence electrons. The Labute approximate surface area is 141 Å². The number of fused-ring (bicyclic) bond motifs is 1. The second-order valence-electron chi connectivity index (χ2n) is 6.86. The first kappa shape index (κ1) is 15.6. The summed E-state index contributed by atoms with van der Waals surface area (Å²) in [6, 6.07) is 7.84. The van der Waals surface area contributed by atoms with Gasteiger partial charge in [0.05, 0.1) is 16.6 Å². The van der Waals surface area contributed by atoms with Crippen LogP contribution in [0.1, 0.15) is 25.1 Å². The van der Waals surface area contributed by atoms with Gasteiger partial charge in [0.2, 0.25) is 5.91 Å². The number of aryl methyl sites for hydroxylation is 1. The molecule has 2 aliphatic rings. The fraction of sp³-hybridized carbons (Fsp3) is 0.556. The average molecular weight is 329 g/mol. The topological polar surface area (TPSA) is 67.6 Å². The van der Waals surface area contributed by atoms with E-state index in [4.69, 9.17) is 4.74 Å². The van der Waals surface area contributed by atoms with Crippen LogP contribution in [-0.2, 0) is 16.1 Å². The van der Waals surface area contributed by atoms with Gasteiger partial charge in [-0.2, -0.15) is 0 Å². The molecule has 0 aliphatic carbocycles. The monoisotopic (exact) mass is 329 g/mol. The molecular weight excluding hydrogens is 306 g/mol. The number of rotatable bonds is 2. The third-order valence-corrected chi connectivity index (χ3v) is 5.43. The van der Waals surface area contributed by atoms with E-state index in [2.05, 4.69) is 4.98 Å². The van der Waals surface area contributed by atoms with Crippen molar-refractivity contribution >= 4 is 16.9 Å². The van der Waals surface area contributed by atoms with E-state index >= 15 is 0 Å². The number of likely N-dealkylation sites (tertiary alicyclic amines) is 1. The van der Waals surface area contributed by atoms with Crippen molar-refractivity contribution in [2.45, 2.75) is 44.4 Å². The number of amides is 1. The van der Waals surface area contributed by atoms with Crippen molar-refractivity contribution in [3.63, 3.8) is 0 Å². The van der Waals surface area contributed by atoms with Gasteiger partial charge in [0.1, 0.15) is 18.5 Å². The lowest BCUT2D eigenvalue weighted by molar-refractivity contribution is -0.152. The van der Waals surface area contributed by atoms with E-state index in [0.717, 1.165) is 29.7 Å². The van der Waals surface area contributed by atoms with Crippen molar-refractivity contribution in [3.8, 4) is 0 Å². The van der Waals surface area contributed by atoms with Gasteiger partial charge in [0.15, 0.2) is 0 Å². The Hall–Kier alpha value is -1.92. The average Bonchev–Trinajstić information content (AvgIpc) is 3.16. The van der Waals surface area contributed by atoms with Crippen LogP contribution in [0.15, 0.2) is 24.3 Å². The number of nitrogens with zero attached hydrogens (tertiary/aromatic N) is 3. The van der Waals surface area contributed by atoms with E-state index in [0.29, 0.717) is 26.1 Å². The molecule has 1 aromatic heterocycles. The smallest absolute Gasteiger partial charge is 0.242 e. The molecule has 0 bridgehead atoms. The molecule has 1 amide bonds. The maximum Gasteiger partial charge on any atom is 0.242 e. The van der Waals surface area contributed by atoms with Crippen LogP contribution in [-0.4, -0.2) is 56.9 Å². The normalized spacial score (nSPS) is 27.2. The van der Waals surface area contributed by atoms with Crippen molar-refractivity contribution in [2.24, 2.45) is 0 Å². The van der Waals surface area contributed by atoms with Crippen LogP contribution in [0.4, 0.5) is 0 Å². The summed E-state index contributed by atoms with van der Waals surface area (Å²) < 4.78 is 7.75. The van der Waals surface area contributed by atoms with Crippen LogP contribution in [0.2, 0.25) is 0 Å². The number of piperidine rings is 1. The first-order chi connectivity index (χ1) is 11.6. The fourth-order valence-electron chi connectivity index (χ4n) is 3.99. The Morgan fingerprint density at radius 2 is 2.25 bits per heavy atom. The number of hydrogen-bond acceptors (Lipinski definition) is 4. The molecule has 3 heterocycles. The van der Waals surface area contributed by atoms with Gasteiger partial charge >= 0.3 is 0 Å². The maximum atomic E-state index is 12.7. The largest absolute Gasteiger partial charge is 0.388 e. The second-order valence-corrected chi connectivity index (χ2v) is 6.86. The van der Waals surface area contributed by atoms with Gasteiger partial charge in [-0.05, 0) is 38.3 Å². The number of imidazole rings is 1. The third-order valence-electron chi connectivity index (χ3n) is 5.43. The molecular formula is C18H23N3O3. The van der Waals surface area contributed by atoms with Gasteiger partial charge in [0, 0.05) is 19.7 Å². The van der Waals surface area contributed by atoms with Gasteiger partial charge in [-0.1, -0.05) is 12.1 Å². The predicted octanol–water partition coefficient (Wildman–Crippen LogP) is 1.49. The molecule has 4 rings (SSSR count). The van der Waals surface area contributed by atoms with Crippen molar-refractivity contribution in [1.29, 1.82) is 0 Å². The number of ether oxygens (including phenoxy) is 1. The Morgan fingerprint density at radius 1 is 1.42 bits per heavy atom. The predicted molar refractivity (Wildman–Crippen MR) is 89.6 cm³/mol. The van der Waals surface area contributed by atoms with Crippen molar-refractivity contribution < 1.29 is 14.6 Å². The molecule has 0 unspecified atom stereocenters. The number of carbonyl (C=O) groups is 1. The molecule has 1 spiro atoms. The molecule has 1 N–H and O–H groups in total. The summed E-state index contributed by atoms with van der Waals surface area (Å²) in [7, 11) is 0. The van der Waals surface area contributed by atoms with Crippen molar-refractivity contribution in [1.82, 2.24) is 14.5 Å². The summed E-state index contributed by atoms with van der Waals surface area (Å²) in [5.74, 6) is 0.853. The first-order valence-electron chi connectivity index (χ1n) is 8.61. The van der Waals surface area contributed by atoms with Crippen molar-refractivity contribution in [3.05, 3.63) is 30.1 Å². The first-order valence-corrected chi connectivity index (χ1v) is 8.61. The Kier molecular flexibility index (Phi) is 3.81.